The summed E-state index contributed by atoms with van der Waals surface area (Å²) in [5.74, 6) is 0.505. The first-order valence-electron chi connectivity index (χ1n) is 7.80. The summed E-state index contributed by atoms with van der Waals surface area (Å²) in [6, 6.07) is 0. The minimum atomic E-state index is 0.218. The van der Waals surface area contributed by atoms with Crippen molar-refractivity contribution < 1.29 is 14.7 Å². The molecule has 0 bridgehead atoms. The highest BCUT2D eigenvalue weighted by atomic mass is 16.3. The van der Waals surface area contributed by atoms with Gasteiger partial charge in [0.25, 0.3) is 0 Å². The van der Waals surface area contributed by atoms with Gasteiger partial charge in [0, 0.05) is 58.6 Å². The Hall–Kier alpha value is -0.940. The Labute approximate surface area is 121 Å². The number of piperazine rings is 1. The summed E-state index contributed by atoms with van der Waals surface area (Å²) in [4.78, 5) is 27.4. The van der Waals surface area contributed by atoms with E-state index in [1.165, 1.54) is 0 Å². The van der Waals surface area contributed by atoms with Crippen LogP contribution in [0.3, 0.4) is 0 Å². The predicted octanol–water partition coefficient (Wildman–Crippen LogP) is 1.05. The van der Waals surface area contributed by atoms with Gasteiger partial charge >= 0.3 is 0 Å². The number of unbranched alkanes of at least 4 members (excludes halogenated alkanes) is 1. The highest BCUT2D eigenvalue weighted by molar-refractivity contribution is 5.78. The van der Waals surface area contributed by atoms with Crippen LogP contribution in [0.4, 0.5) is 0 Å². The first kappa shape index (κ1) is 17.1. The molecule has 0 spiro atoms. The molecule has 5 heteroatoms. The number of hydrogen-bond acceptors (Lipinski definition) is 4. The molecule has 116 valence electrons. The SMILES string of the molecule is CCC(=O)CCCCC(=O)N1CCN(CCCO)CC1. The summed E-state index contributed by atoms with van der Waals surface area (Å²) in [7, 11) is 0. The normalized spacial score (nSPS) is 16.4. The maximum Gasteiger partial charge on any atom is 0.222 e. The van der Waals surface area contributed by atoms with E-state index in [1.807, 2.05) is 11.8 Å². The van der Waals surface area contributed by atoms with Crippen molar-refractivity contribution in [1.82, 2.24) is 9.80 Å². The Bertz CT molecular complexity index is 299. The number of amides is 1. The van der Waals surface area contributed by atoms with Gasteiger partial charge in [-0.15, -0.1) is 0 Å². The molecule has 1 fully saturated rings. The molecular weight excluding hydrogens is 256 g/mol. The van der Waals surface area contributed by atoms with Crippen LogP contribution in [-0.4, -0.2) is 65.9 Å². The molecule has 0 aliphatic carbocycles. The Morgan fingerprint density at radius 2 is 1.65 bits per heavy atom. The van der Waals surface area contributed by atoms with Crippen LogP contribution >= 0.6 is 0 Å². The van der Waals surface area contributed by atoms with Gasteiger partial charge in [0.2, 0.25) is 5.91 Å². The Morgan fingerprint density at radius 3 is 2.25 bits per heavy atom. The number of ketones is 1. The van der Waals surface area contributed by atoms with Crippen molar-refractivity contribution in [2.24, 2.45) is 0 Å². The molecule has 1 saturated heterocycles. The van der Waals surface area contributed by atoms with Crippen molar-refractivity contribution in [2.45, 2.75) is 45.4 Å². The summed E-state index contributed by atoms with van der Waals surface area (Å²) in [6.45, 7) is 6.41. The maximum absolute atomic E-state index is 12.0. The molecule has 5 nitrogen and oxygen atoms in total. The summed E-state index contributed by atoms with van der Waals surface area (Å²) in [5.41, 5.74) is 0. The number of aliphatic hydroxyl groups excluding tert-OH is 1. The predicted molar refractivity (Wildman–Crippen MR) is 78.5 cm³/mol. The molecule has 0 radical (unpaired) electrons. The largest absolute Gasteiger partial charge is 0.396 e. The van der Waals surface area contributed by atoms with Crippen molar-refractivity contribution >= 4 is 11.7 Å². The van der Waals surface area contributed by atoms with Crippen molar-refractivity contribution in [3.63, 3.8) is 0 Å². The van der Waals surface area contributed by atoms with Gasteiger partial charge in [0.1, 0.15) is 5.78 Å². The van der Waals surface area contributed by atoms with Crippen LogP contribution in [0.25, 0.3) is 0 Å². The van der Waals surface area contributed by atoms with Gasteiger partial charge < -0.3 is 10.0 Å². The minimum Gasteiger partial charge on any atom is -0.396 e. The van der Waals surface area contributed by atoms with Crippen LogP contribution in [0.15, 0.2) is 0 Å². The highest BCUT2D eigenvalue weighted by Crippen LogP contribution is 2.08. The lowest BCUT2D eigenvalue weighted by Gasteiger charge is -2.34. The first-order chi connectivity index (χ1) is 9.67. The molecule has 1 aliphatic rings. The number of carbonyl (C=O) groups excluding carboxylic acids is 2. The van der Waals surface area contributed by atoms with Gasteiger partial charge in [-0.25, -0.2) is 0 Å². The second-order valence-electron chi connectivity index (χ2n) is 5.40. The van der Waals surface area contributed by atoms with E-state index >= 15 is 0 Å². The minimum absolute atomic E-state index is 0.218. The second kappa shape index (κ2) is 9.88. The zero-order valence-corrected chi connectivity index (χ0v) is 12.6. The van der Waals surface area contributed by atoms with E-state index in [0.29, 0.717) is 19.3 Å². The average molecular weight is 284 g/mol. The molecule has 1 heterocycles. The van der Waals surface area contributed by atoms with Crippen LogP contribution in [0.2, 0.25) is 0 Å². The number of carbonyl (C=O) groups is 2. The fourth-order valence-electron chi connectivity index (χ4n) is 2.45. The van der Waals surface area contributed by atoms with Gasteiger partial charge in [-0.2, -0.15) is 0 Å². The number of aliphatic hydroxyl groups is 1. The van der Waals surface area contributed by atoms with Gasteiger partial charge in [-0.3, -0.25) is 14.5 Å². The van der Waals surface area contributed by atoms with Gasteiger partial charge in [0.05, 0.1) is 0 Å². The van der Waals surface area contributed by atoms with E-state index in [2.05, 4.69) is 4.90 Å². The Morgan fingerprint density at radius 1 is 1.00 bits per heavy atom. The molecule has 1 N–H and O–H groups in total. The van der Waals surface area contributed by atoms with E-state index in [1.54, 1.807) is 0 Å². The lowest BCUT2D eigenvalue weighted by atomic mass is 10.1. The number of nitrogens with zero attached hydrogens (tertiary/aromatic N) is 2. The van der Waals surface area contributed by atoms with E-state index in [4.69, 9.17) is 5.11 Å². The zero-order valence-electron chi connectivity index (χ0n) is 12.6. The fourth-order valence-corrected chi connectivity index (χ4v) is 2.45. The van der Waals surface area contributed by atoms with Gasteiger partial charge in [0.15, 0.2) is 0 Å². The molecule has 0 unspecified atom stereocenters. The third-order valence-corrected chi connectivity index (χ3v) is 3.85. The molecule has 0 aromatic carbocycles. The summed E-state index contributed by atoms with van der Waals surface area (Å²) >= 11 is 0. The standard InChI is InChI=1S/C15H28N2O3/c1-2-14(19)6-3-4-7-15(20)17-11-9-16(10-12-17)8-5-13-18/h18H,2-13H2,1H3. The van der Waals surface area contributed by atoms with E-state index in [0.717, 1.165) is 52.0 Å². The average Bonchev–Trinajstić information content (AvgIpc) is 2.49. The van der Waals surface area contributed by atoms with Crippen molar-refractivity contribution in [1.29, 1.82) is 0 Å². The Kier molecular flexibility index (Phi) is 8.46. The van der Waals surface area contributed by atoms with Crippen molar-refractivity contribution in [3.8, 4) is 0 Å². The van der Waals surface area contributed by atoms with Gasteiger partial charge in [-0.05, 0) is 19.3 Å². The summed E-state index contributed by atoms with van der Waals surface area (Å²) in [6.07, 6.45) is 4.22. The van der Waals surface area contributed by atoms with Crippen molar-refractivity contribution in [3.05, 3.63) is 0 Å². The molecule has 1 rings (SSSR count). The number of rotatable bonds is 9. The monoisotopic (exact) mass is 284 g/mol. The quantitative estimate of drug-likeness (QED) is 0.643. The lowest BCUT2D eigenvalue weighted by molar-refractivity contribution is -0.133. The van der Waals surface area contributed by atoms with Crippen LogP contribution in [0, 0.1) is 0 Å². The van der Waals surface area contributed by atoms with Crippen LogP contribution in [0.1, 0.15) is 45.4 Å². The first-order valence-corrected chi connectivity index (χ1v) is 7.80. The number of Topliss-reactive ketones (excluding diaryl/α,β-unsaturated/α-hetero) is 1. The lowest BCUT2D eigenvalue weighted by Crippen LogP contribution is -2.48. The van der Waals surface area contributed by atoms with Gasteiger partial charge in [-0.1, -0.05) is 6.92 Å². The van der Waals surface area contributed by atoms with E-state index < -0.39 is 0 Å². The Balaban J connectivity index is 2.11. The summed E-state index contributed by atoms with van der Waals surface area (Å²) < 4.78 is 0. The fraction of sp³-hybridized carbons (Fsp3) is 0.867. The molecule has 0 aromatic rings. The summed E-state index contributed by atoms with van der Waals surface area (Å²) in [5, 5.41) is 8.80. The molecule has 0 aromatic heterocycles. The van der Waals surface area contributed by atoms with Crippen molar-refractivity contribution in [2.75, 3.05) is 39.3 Å². The highest BCUT2D eigenvalue weighted by Gasteiger charge is 2.20. The van der Waals surface area contributed by atoms with Crippen LogP contribution in [0.5, 0.6) is 0 Å². The second-order valence-corrected chi connectivity index (χ2v) is 5.40. The smallest absolute Gasteiger partial charge is 0.222 e. The third kappa shape index (κ3) is 6.48. The van der Waals surface area contributed by atoms with Crippen LogP contribution in [-0.2, 0) is 9.59 Å². The topological polar surface area (TPSA) is 60.9 Å². The molecular formula is C15H28N2O3. The third-order valence-electron chi connectivity index (χ3n) is 3.85. The molecule has 0 atom stereocenters. The molecule has 1 aliphatic heterocycles. The van der Waals surface area contributed by atoms with Crippen LogP contribution < -0.4 is 0 Å². The van der Waals surface area contributed by atoms with E-state index in [-0.39, 0.29) is 18.3 Å². The van der Waals surface area contributed by atoms with E-state index in [9.17, 15) is 9.59 Å². The molecule has 20 heavy (non-hydrogen) atoms. The molecule has 0 saturated carbocycles. The molecule has 1 amide bonds. The maximum atomic E-state index is 12.0. The zero-order chi connectivity index (χ0) is 14.8. The number of hydrogen-bond donors (Lipinski definition) is 1.